The monoisotopic (exact) mass is 488 g/mol. The van der Waals surface area contributed by atoms with E-state index in [-0.39, 0.29) is 16.4 Å². The number of rotatable bonds is 6. The van der Waals surface area contributed by atoms with E-state index in [1.54, 1.807) is 7.05 Å². The Hall–Kier alpha value is -3.62. The van der Waals surface area contributed by atoms with Crippen molar-refractivity contribution in [3.8, 4) is 0 Å². The van der Waals surface area contributed by atoms with Gasteiger partial charge in [-0.05, 0) is 40.5 Å². The molecule has 8 heteroatoms. The Bertz CT molecular complexity index is 1420. The van der Waals surface area contributed by atoms with E-state index in [2.05, 4.69) is 5.32 Å². The minimum absolute atomic E-state index is 0.208. The van der Waals surface area contributed by atoms with Crippen molar-refractivity contribution in [3.63, 3.8) is 0 Å². The van der Waals surface area contributed by atoms with E-state index >= 15 is 0 Å². The Balaban J connectivity index is 1.89. The molecule has 1 N–H and O–H groups in total. The van der Waals surface area contributed by atoms with E-state index in [1.165, 1.54) is 11.6 Å². The van der Waals surface area contributed by atoms with Crippen LogP contribution in [0.25, 0.3) is 0 Å². The molecule has 0 aliphatic rings. The van der Waals surface area contributed by atoms with E-state index in [1.807, 2.05) is 91.0 Å². The largest absolute Gasteiger partial charge is 0.371 e. The minimum atomic E-state index is -0.773. The van der Waals surface area contributed by atoms with Crippen LogP contribution in [0.1, 0.15) is 11.1 Å². The van der Waals surface area contributed by atoms with Crippen molar-refractivity contribution in [1.29, 1.82) is 0 Å². The van der Waals surface area contributed by atoms with E-state index in [0.29, 0.717) is 6.54 Å². The Morgan fingerprint density at radius 3 is 1.85 bits per heavy atom. The quantitative estimate of drug-likeness (QED) is 0.415. The average molecular weight is 489 g/mol. The van der Waals surface area contributed by atoms with Gasteiger partial charge in [-0.3, -0.25) is 13.9 Å². The van der Waals surface area contributed by atoms with E-state index in [0.717, 1.165) is 19.9 Å². The third kappa shape index (κ3) is 4.98. The molecule has 0 unspecified atom stereocenters. The van der Waals surface area contributed by atoms with E-state index in [4.69, 9.17) is 16.6 Å². The molecular formula is C26H24N4O2S2. The molecule has 0 fully saturated rings. The third-order valence-corrected chi connectivity index (χ3v) is 7.41. The number of nitrogens with zero attached hydrogens (tertiary/aromatic N) is 3. The maximum absolute atomic E-state index is 13.2. The van der Waals surface area contributed by atoms with Crippen molar-refractivity contribution in [2.75, 3.05) is 0 Å². The second-order valence-electron chi connectivity index (χ2n) is 7.57. The fourth-order valence-electron chi connectivity index (χ4n) is 3.43. The first-order valence-electron chi connectivity index (χ1n) is 10.7. The molecule has 6 nitrogen and oxygen atoms in total. The van der Waals surface area contributed by atoms with Crippen LogP contribution in [0.15, 0.2) is 115 Å². The summed E-state index contributed by atoms with van der Waals surface area (Å²) in [6.07, 6.45) is 0. The standard InChI is InChI=1S/C26H24N4O2S2/c1-29-23(28-34(20-14-8-4-9-15-20)21-16-10-5-11-17-21)22(25(31)30(2)26(29)32)24(33)27-18-19-12-6-3-7-13-19/h3-17H,18H2,1-2H3,(H,27,33). The Morgan fingerprint density at radius 1 is 0.824 bits per heavy atom. The van der Waals surface area contributed by atoms with E-state index in [9.17, 15) is 9.59 Å². The Labute approximate surface area is 205 Å². The molecule has 34 heavy (non-hydrogen) atoms. The summed E-state index contributed by atoms with van der Waals surface area (Å²) in [7, 11) is 2.29. The van der Waals surface area contributed by atoms with Gasteiger partial charge in [0.1, 0.15) is 10.6 Å². The first-order chi connectivity index (χ1) is 16.5. The topological polar surface area (TPSA) is 68.4 Å². The van der Waals surface area contributed by atoms with Gasteiger partial charge in [0, 0.05) is 30.4 Å². The summed E-state index contributed by atoms with van der Waals surface area (Å²) in [4.78, 5) is 28.2. The number of thiocarbonyl (C=S) groups is 1. The highest BCUT2D eigenvalue weighted by molar-refractivity contribution is 7.87. The Morgan fingerprint density at radius 2 is 1.32 bits per heavy atom. The summed E-state index contributed by atoms with van der Waals surface area (Å²) < 4.78 is 7.44. The van der Waals surface area contributed by atoms with Crippen molar-refractivity contribution in [3.05, 3.63) is 123 Å². The predicted molar refractivity (Wildman–Crippen MR) is 141 cm³/mol. The molecule has 172 valence electrons. The van der Waals surface area contributed by atoms with Crippen LogP contribution in [-0.4, -0.2) is 14.1 Å². The van der Waals surface area contributed by atoms with Crippen LogP contribution in [-0.2, 0) is 31.3 Å². The molecule has 0 atom stereocenters. The average Bonchev–Trinajstić information content (AvgIpc) is 2.89. The maximum atomic E-state index is 13.2. The number of nitrogens with one attached hydrogen (secondary N) is 1. The molecule has 3 aromatic carbocycles. The number of hydrogen-bond acceptors (Lipinski definition) is 4. The van der Waals surface area contributed by atoms with E-state index < -0.39 is 21.9 Å². The lowest BCUT2D eigenvalue weighted by Crippen LogP contribution is -2.42. The molecule has 4 aromatic rings. The van der Waals surface area contributed by atoms with Crippen LogP contribution >= 0.6 is 12.2 Å². The van der Waals surface area contributed by atoms with Crippen molar-refractivity contribution < 1.29 is 0 Å². The van der Waals surface area contributed by atoms with Crippen LogP contribution in [0.3, 0.4) is 0 Å². The predicted octanol–water partition coefficient (Wildman–Crippen LogP) is 4.10. The van der Waals surface area contributed by atoms with Crippen LogP contribution in [0.4, 0.5) is 5.82 Å². The molecule has 0 radical (unpaired) electrons. The SMILES string of the molecule is Cn1c(N=S(c2ccccc2)c2ccccc2)c(C(=S)NCc2ccccc2)c(=O)n(C)c1=O. The molecule has 0 spiro atoms. The summed E-state index contributed by atoms with van der Waals surface area (Å²) in [6.45, 7) is 0.453. The summed E-state index contributed by atoms with van der Waals surface area (Å²) in [5, 5.41) is 3.17. The van der Waals surface area contributed by atoms with Crippen molar-refractivity contribution >= 4 is 33.7 Å². The lowest BCUT2D eigenvalue weighted by molar-refractivity contribution is 0.686. The van der Waals surface area contributed by atoms with Gasteiger partial charge in [0.15, 0.2) is 5.82 Å². The number of aromatic nitrogens is 2. The number of benzene rings is 3. The molecule has 0 saturated carbocycles. The van der Waals surface area contributed by atoms with Gasteiger partial charge < -0.3 is 5.32 Å². The third-order valence-electron chi connectivity index (χ3n) is 5.27. The minimum Gasteiger partial charge on any atom is -0.371 e. The lowest BCUT2D eigenvalue weighted by Gasteiger charge is -2.16. The van der Waals surface area contributed by atoms with Gasteiger partial charge in [0.25, 0.3) is 5.56 Å². The lowest BCUT2D eigenvalue weighted by atomic mass is 10.2. The summed E-state index contributed by atoms with van der Waals surface area (Å²) >= 11 is 5.65. The molecule has 0 bridgehead atoms. The fourth-order valence-corrected chi connectivity index (χ4v) is 5.38. The second kappa shape index (κ2) is 10.5. The van der Waals surface area contributed by atoms with Crippen LogP contribution in [0, 0.1) is 0 Å². The highest BCUT2D eigenvalue weighted by Gasteiger charge is 2.20. The first-order valence-corrected chi connectivity index (χ1v) is 12.2. The zero-order chi connectivity index (χ0) is 24.1. The van der Waals surface area contributed by atoms with Gasteiger partial charge in [0.2, 0.25) is 0 Å². The summed E-state index contributed by atoms with van der Waals surface area (Å²) in [5.41, 5.74) is 0.304. The van der Waals surface area contributed by atoms with Crippen molar-refractivity contribution in [1.82, 2.24) is 14.5 Å². The van der Waals surface area contributed by atoms with Crippen molar-refractivity contribution in [2.24, 2.45) is 18.5 Å². The zero-order valence-corrected chi connectivity index (χ0v) is 20.5. The zero-order valence-electron chi connectivity index (χ0n) is 18.8. The molecular weight excluding hydrogens is 464 g/mol. The summed E-state index contributed by atoms with van der Waals surface area (Å²) in [6, 6.07) is 29.4. The Kier molecular flexibility index (Phi) is 7.30. The highest BCUT2D eigenvalue weighted by Crippen LogP contribution is 2.24. The molecule has 1 aromatic heterocycles. The first kappa shape index (κ1) is 23.5. The van der Waals surface area contributed by atoms with Crippen molar-refractivity contribution in [2.45, 2.75) is 16.3 Å². The highest BCUT2D eigenvalue weighted by atomic mass is 32.2. The number of hydrogen-bond donors (Lipinski definition) is 1. The molecule has 0 amide bonds. The van der Waals surface area contributed by atoms with Crippen LogP contribution in [0.2, 0.25) is 0 Å². The molecule has 4 rings (SSSR count). The van der Waals surface area contributed by atoms with Gasteiger partial charge in [-0.15, -0.1) is 0 Å². The summed E-state index contributed by atoms with van der Waals surface area (Å²) in [5.74, 6) is 0.259. The molecule has 1 heterocycles. The maximum Gasteiger partial charge on any atom is 0.332 e. The fraction of sp³-hybridized carbons (Fsp3) is 0.115. The smallest absolute Gasteiger partial charge is 0.332 e. The molecule has 0 saturated heterocycles. The van der Waals surface area contributed by atoms with Gasteiger partial charge in [-0.1, -0.05) is 78.9 Å². The normalized spacial score (nSPS) is 10.8. The second-order valence-corrected chi connectivity index (χ2v) is 9.68. The van der Waals surface area contributed by atoms with Gasteiger partial charge in [0.05, 0.1) is 0 Å². The van der Waals surface area contributed by atoms with Gasteiger partial charge in [-0.2, -0.15) is 4.36 Å². The molecule has 0 aliphatic carbocycles. The molecule has 0 aliphatic heterocycles. The van der Waals surface area contributed by atoms with Gasteiger partial charge in [-0.25, -0.2) is 4.79 Å². The van der Waals surface area contributed by atoms with Gasteiger partial charge >= 0.3 is 5.69 Å². The van der Waals surface area contributed by atoms with Crippen LogP contribution in [0.5, 0.6) is 0 Å². The van der Waals surface area contributed by atoms with Crippen LogP contribution < -0.4 is 16.6 Å².